The van der Waals surface area contributed by atoms with Crippen LogP contribution in [-0.4, -0.2) is 23.0 Å². The third kappa shape index (κ3) is 4.12. The number of carbonyl (C=O) groups excluding carboxylic acids is 1. The van der Waals surface area contributed by atoms with Crippen LogP contribution >= 0.6 is 11.3 Å². The van der Waals surface area contributed by atoms with Gasteiger partial charge in [-0.1, -0.05) is 19.9 Å². The van der Waals surface area contributed by atoms with E-state index in [0.717, 1.165) is 0 Å². The highest BCUT2D eigenvalue weighted by Crippen LogP contribution is 2.19. The maximum Gasteiger partial charge on any atom is 0.331 e. The standard InChI is InChI=1S/C12H18N2O3S/c1-7(2)6-8(13)11(15)14-10(12(16)17)9-4-3-5-18-9/h3-5,7-8,10H,6,13H2,1-2H3,(H,14,15)(H,16,17)/t8-,10?/m1/s1. The molecule has 0 saturated heterocycles. The highest BCUT2D eigenvalue weighted by Gasteiger charge is 2.25. The molecule has 1 aromatic heterocycles. The number of hydrogen-bond donors (Lipinski definition) is 3. The van der Waals surface area contributed by atoms with Crippen molar-refractivity contribution in [2.45, 2.75) is 32.4 Å². The zero-order valence-electron chi connectivity index (χ0n) is 10.4. The molecule has 100 valence electrons. The number of nitrogens with one attached hydrogen (secondary N) is 1. The quantitative estimate of drug-likeness (QED) is 0.727. The molecule has 4 N–H and O–H groups in total. The zero-order valence-corrected chi connectivity index (χ0v) is 11.2. The first-order valence-electron chi connectivity index (χ1n) is 5.74. The van der Waals surface area contributed by atoms with Crippen molar-refractivity contribution < 1.29 is 14.7 Å². The summed E-state index contributed by atoms with van der Waals surface area (Å²) in [6.45, 7) is 3.92. The molecule has 18 heavy (non-hydrogen) atoms. The monoisotopic (exact) mass is 270 g/mol. The molecule has 0 aliphatic rings. The molecule has 1 aromatic rings. The van der Waals surface area contributed by atoms with E-state index in [0.29, 0.717) is 11.3 Å². The van der Waals surface area contributed by atoms with Gasteiger partial charge in [0.15, 0.2) is 6.04 Å². The third-order valence-electron chi connectivity index (χ3n) is 2.42. The minimum Gasteiger partial charge on any atom is -0.479 e. The Labute approximate surface area is 110 Å². The molecule has 0 aliphatic heterocycles. The minimum absolute atomic E-state index is 0.288. The van der Waals surface area contributed by atoms with Gasteiger partial charge < -0.3 is 16.2 Å². The lowest BCUT2D eigenvalue weighted by Gasteiger charge is -2.18. The Kier molecular flexibility index (Phi) is 5.30. The van der Waals surface area contributed by atoms with Crippen LogP contribution in [0.5, 0.6) is 0 Å². The topological polar surface area (TPSA) is 92.4 Å². The van der Waals surface area contributed by atoms with Gasteiger partial charge in [0.25, 0.3) is 0 Å². The van der Waals surface area contributed by atoms with Crippen molar-refractivity contribution in [2.24, 2.45) is 11.7 Å². The van der Waals surface area contributed by atoms with E-state index < -0.39 is 24.0 Å². The van der Waals surface area contributed by atoms with Crippen molar-refractivity contribution in [2.75, 3.05) is 0 Å². The predicted molar refractivity (Wildman–Crippen MR) is 70.3 cm³/mol. The normalized spacial score (nSPS) is 14.2. The smallest absolute Gasteiger partial charge is 0.331 e. The van der Waals surface area contributed by atoms with Gasteiger partial charge in [-0.3, -0.25) is 4.79 Å². The highest BCUT2D eigenvalue weighted by atomic mass is 32.1. The average Bonchev–Trinajstić information content (AvgIpc) is 2.77. The summed E-state index contributed by atoms with van der Waals surface area (Å²) in [5.74, 6) is -1.22. The van der Waals surface area contributed by atoms with Gasteiger partial charge in [-0.15, -0.1) is 11.3 Å². The second-order valence-electron chi connectivity index (χ2n) is 4.53. The molecular weight excluding hydrogens is 252 g/mol. The second kappa shape index (κ2) is 6.51. The van der Waals surface area contributed by atoms with Crippen LogP contribution in [0.3, 0.4) is 0 Å². The molecule has 1 unspecified atom stereocenters. The van der Waals surface area contributed by atoms with Gasteiger partial charge in [0.1, 0.15) is 0 Å². The molecule has 0 aliphatic carbocycles. The van der Waals surface area contributed by atoms with Crippen LogP contribution in [0.15, 0.2) is 17.5 Å². The van der Waals surface area contributed by atoms with E-state index in [1.54, 1.807) is 17.5 Å². The summed E-state index contributed by atoms with van der Waals surface area (Å²) in [7, 11) is 0. The van der Waals surface area contributed by atoms with Crippen LogP contribution in [0.1, 0.15) is 31.2 Å². The fourth-order valence-corrected chi connectivity index (χ4v) is 2.34. The first-order chi connectivity index (χ1) is 8.41. The molecule has 5 nitrogen and oxygen atoms in total. The fraction of sp³-hybridized carbons (Fsp3) is 0.500. The van der Waals surface area contributed by atoms with Crippen molar-refractivity contribution >= 4 is 23.2 Å². The van der Waals surface area contributed by atoms with Crippen LogP contribution in [-0.2, 0) is 9.59 Å². The number of rotatable bonds is 6. The van der Waals surface area contributed by atoms with Crippen molar-refractivity contribution in [3.63, 3.8) is 0 Å². The van der Waals surface area contributed by atoms with Gasteiger partial charge in [-0.25, -0.2) is 4.79 Å². The average molecular weight is 270 g/mol. The lowest BCUT2D eigenvalue weighted by molar-refractivity contribution is -0.142. The number of carboxylic acid groups (broad SMARTS) is 1. The Morgan fingerprint density at radius 2 is 2.17 bits per heavy atom. The van der Waals surface area contributed by atoms with Crippen LogP contribution in [0, 0.1) is 5.92 Å². The lowest BCUT2D eigenvalue weighted by Crippen LogP contribution is -2.44. The maximum absolute atomic E-state index is 11.8. The van der Waals surface area contributed by atoms with Gasteiger partial charge >= 0.3 is 5.97 Å². The summed E-state index contributed by atoms with van der Waals surface area (Å²) in [5.41, 5.74) is 5.72. The zero-order chi connectivity index (χ0) is 13.7. The van der Waals surface area contributed by atoms with Gasteiger partial charge in [-0.2, -0.15) is 0 Å². The first-order valence-corrected chi connectivity index (χ1v) is 6.62. The summed E-state index contributed by atoms with van der Waals surface area (Å²) in [4.78, 5) is 23.5. The summed E-state index contributed by atoms with van der Waals surface area (Å²) in [5, 5.41) is 13.3. The van der Waals surface area contributed by atoms with E-state index in [4.69, 9.17) is 10.8 Å². The molecule has 0 aromatic carbocycles. The molecule has 0 bridgehead atoms. The molecule has 1 heterocycles. The van der Waals surface area contributed by atoms with Crippen molar-refractivity contribution in [1.82, 2.24) is 5.32 Å². The molecular formula is C12H18N2O3S. The van der Waals surface area contributed by atoms with Crippen LogP contribution < -0.4 is 11.1 Å². The molecule has 6 heteroatoms. The molecule has 1 amide bonds. The number of amides is 1. The van der Waals surface area contributed by atoms with E-state index in [1.807, 2.05) is 13.8 Å². The second-order valence-corrected chi connectivity index (χ2v) is 5.51. The summed E-state index contributed by atoms with van der Waals surface area (Å²) < 4.78 is 0. The number of nitrogens with two attached hydrogens (primary N) is 1. The summed E-state index contributed by atoms with van der Waals surface area (Å²) in [6.07, 6.45) is 0.530. The number of thiophene rings is 1. The molecule has 0 spiro atoms. The Bertz CT molecular complexity index is 403. The molecule has 0 saturated carbocycles. The van der Waals surface area contributed by atoms with Crippen LogP contribution in [0.4, 0.5) is 0 Å². The van der Waals surface area contributed by atoms with Crippen LogP contribution in [0.2, 0.25) is 0 Å². The van der Waals surface area contributed by atoms with Crippen molar-refractivity contribution in [3.8, 4) is 0 Å². The van der Waals surface area contributed by atoms with E-state index >= 15 is 0 Å². The van der Waals surface area contributed by atoms with E-state index in [9.17, 15) is 9.59 Å². The predicted octanol–water partition coefficient (Wildman–Crippen LogP) is 1.36. The molecule has 0 radical (unpaired) electrons. The SMILES string of the molecule is CC(C)C[C@@H](N)C(=O)NC(C(=O)O)c1cccs1. The molecule has 1 rings (SSSR count). The third-order valence-corrected chi connectivity index (χ3v) is 3.36. The largest absolute Gasteiger partial charge is 0.479 e. The number of carbonyl (C=O) groups is 2. The van der Waals surface area contributed by atoms with Crippen LogP contribution in [0.25, 0.3) is 0 Å². The van der Waals surface area contributed by atoms with Gasteiger partial charge in [0.2, 0.25) is 5.91 Å². The van der Waals surface area contributed by atoms with Gasteiger partial charge in [-0.05, 0) is 23.8 Å². The van der Waals surface area contributed by atoms with Crippen molar-refractivity contribution in [3.05, 3.63) is 22.4 Å². The molecule has 0 fully saturated rings. The number of carboxylic acids is 1. The van der Waals surface area contributed by atoms with Gasteiger partial charge in [0.05, 0.1) is 6.04 Å². The molecule has 2 atom stereocenters. The van der Waals surface area contributed by atoms with E-state index in [1.165, 1.54) is 11.3 Å². The fourth-order valence-electron chi connectivity index (χ4n) is 1.57. The maximum atomic E-state index is 11.8. The minimum atomic E-state index is -1.08. The van der Waals surface area contributed by atoms with E-state index in [2.05, 4.69) is 5.32 Å². The number of aliphatic carboxylic acids is 1. The highest BCUT2D eigenvalue weighted by molar-refractivity contribution is 7.10. The van der Waals surface area contributed by atoms with Gasteiger partial charge in [0, 0.05) is 4.88 Å². The van der Waals surface area contributed by atoms with Crippen molar-refractivity contribution in [1.29, 1.82) is 0 Å². The summed E-state index contributed by atoms with van der Waals surface area (Å²) >= 11 is 1.29. The Balaban J connectivity index is 2.68. The summed E-state index contributed by atoms with van der Waals surface area (Å²) in [6, 6.07) is 1.73. The first kappa shape index (κ1) is 14.7. The lowest BCUT2D eigenvalue weighted by atomic mass is 10.0. The number of hydrogen-bond acceptors (Lipinski definition) is 4. The Morgan fingerprint density at radius 3 is 2.61 bits per heavy atom. The van der Waals surface area contributed by atoms with E-state index in [-0.39, 0.29) is 5.92 Å². The Morgan fingerprint density at radius 1 is 1.50 bits per heavy atom. The Hall–Kier alpha value is -1.40.